The lowest BCUT2D eigenvalue weighted by Gasteiger charge is -2.25. The second-order valence-corrected chi connectivity index (χ2v) is 9.46. The molecule has 4 rings (SSSR count). The predicted molar refractivity (Wildman–Crippen MR) is 114 cm³/mol. The number of aromatic nitrogens is 2. The molecule has 1 aliphatic rings. The first-order valence-electron chi connectivity index (χ1n) is 10.3. The van der Waals surface area contributed by atoms with E-state index in [0.29, 0.717) is 49.1 Å². The van der Waals surface area contributed by atoms with Crippen LogP contribution in [0, 0.1) is 0 Å². The molecule has 0 unspecified atom stereocenters. The molecule has 0 atom stereocenters. The first-order valence-corrected chi connectivity index (χ1v) is 11.7. The monoisotopic (exact) mass is 426 g/mol. The highest BCUT2D eigenvalue weighted by molar-refractivity contribution is 7.89. The number of nitrogens with zero attached hydrogens (tertiary/aromatic N) is 3. The number of nitrogens with two attached hydrogens (primary N) is 1. The van der Waals surface area contributed by atoms with Crippen LogP contribution in [0.4, 0.5) is 0 Å². The van der Waals surface area contributed by atoms with Crippen LogP contribution < -0.4 is 5.73 Å². The van der Waals surface area contributed by atoms with E-state index < -0.39 is 10.0 Å². The van der Waals surface area contributed by atoms with Crippen molar-refractivity contribution in [3.63, 3.8) is 0 Å². The van der Waals surface area contributed by atoms with E-state index in [0.717, 1.165) is 36.0 Å². The molecule has 30 heavy (non-hydrogen) atoms. The number of piperidine rings is 1. The molecule has 158 valence electrons. The summed E-state index contributed by atoms with van der Waals surface area (Å²) in [5.41, 5.74) is 8.58. The molecule has 2 N–H and O–H groups in total. The summed E-state index contributed by atoms with van der Waals surface area (Å²) in [6.45, 7) is 1.72. The highest BCUT2D eigenvalue weighted by Crippen LogP contribution is 2.22. The number of benzene rings is 2. The van der Waals surface area contributed by atoms with E-state index in [1.165, 1.54) is 0 Å². The van der Waals surface area contributed by atoms with E-state index >= 15 is 0 Å². The number of sulfonamides is 1. The van der Waals surface area contributed by atoms with Crippen LogP contribution >= 0.6 is 0 Å². The van der Waals surface area contributed by atoms with Crippen LogP contribution in [0.5, 0.6) is 0 Å². The van der Waals surface area contributed by atoms with Gasteiger partial charge in [-0.1, -0.05) is 48.0 Å². The minimum absolute atomic E-state index is 0.356. The topological polar surface area (TPSA) is 102 Å². The van der Waals surface area contributed by atoms with Crippen LogP contribution in [-0.4, -0.2) is 36.0 Å². The minimum atomic E-state index is -3.39. The van der Waals surface area contributed by atoms with E-state index in [1.54, 1.807) is 16.4 Å². The lowest BCUT2D eigenvalue weighted by molar-refractivity contribution is 0.346. The van der Waals surface area contributed by atoms with Gasteiger partial charge in [0.05, 0.1) is 4.90 Å². The summed E-state index contributed by atoms with van der Waals surface area (Å²) in [5, 5.41) is 4.05. The quantitative estimate of drug-likeness (QED) is 0.623. The molecule has 0 saturated carbocycles. The van der Waals surface area contributed by atoms with Gasteiger partial charge in [0.15, 0.2) is 0 Å². The third-order valence-corrected chi connectivity index (χ3v) is 7.33. The Morgan fingerprint density at radius 3 is 2.23 bits per heavy atom. The van der Waals surface area contributed by atoms with Crippen molar-refractivity contribution in [1.29, 1.82) is 0 Å². The van der Waals surface area contributed by atoms with Gasteiger partial charge in [0, 0.05) is 31.6 Å². The highest BCUT2D eigenvalue weighted by Gasteiger charge is 2.25. The smallest absolute Gasteiger partial charge is 0.243 e. The third-order valence-electron chi connectivity index (χ3n) is 5.42. The Balaban J connectivity index is 1.38. The predicted octanol–water partition coefficient (Wildman–Crippen LogP) is 3.16. The van der Waals surface area contributed by atoms with Gasteiger partial charge in [-0.2, -0.15) is 9.29 Å². The fourth-order valence-electron chi connectivity index (χ4n) is 3.60. The zero-order chi connectivity index (χ0) is 21.0. The Labute approximate surface area is 177 Å². The molecular weight excluding hydrogens is 400 g/mol. The zero-order valence-electron chi connectivity index (χ0n) is 16.8. The third kappa shape index (κ3) is 4.61. The number of hydrogen-bond donors (Lipinski definition) is 1. The van der Waals surface area contributed by atoms with Gasteiger partial charge in [-0.05, 0) is 42.5 Å². The summed E-state index contributed by atoms with van der Waals surface area (Å²) >= 11 is 0. The number of aryl methyl sites for hydroxylation is 2. The molecule has 1 aromatic heterocycles. The van der Waals surface area contributed by atoms with Gasteiger partial charge in [0.1, 0.15) is 0 Å². The fourth-order valence-corrected chi connectivity index (χ4v) is 5.11. The van der Waals surface area contributed by atoms with Crippen molar-refractivity contribution in [2.24, 2.45) is 5.73 Å². The van der Waals surface area contributed by atoms with Crippen molar-refractivity contribution in [3.05, 3.63) is 65.5 Å². The average molecular weight is 427 g/mol. The molecule has 0 amide bonds. The van der Waals surface area contributed by atoms with Crippen molar-refractivity contribution in [2.45, 2.75) is 43.5 Å². The van der Waals surface area contributed by atoms with Crippen LogP contribution in [0.25, 0.3) is 11.4 Å². The summed E-state index contributed by atoms with van der Waals surface area (Å²) in [6, 6.07) is 14.9. The van der Waals surface area contributed by atoms with Gasteiger partial charge in [-0.3, -0.25) is 0 Å². The lowest BCUT2D eigenvalue weighted by Crippen LogP contribution is -2.35. The zero-order valence-corrected chi connectivity index (χ0v) is 17.6. The van der Waals surface area contributed by atoms with Crippen LogP contribution in [0.15, 0.2) is 57.9 Å². The SMILES string of the molecule is NCc1ccc(-c2noc(CCc3ccc(S(=O)(=O)N4CCCCC4)cc3)n2)cc1. The first kappa shape index (κ1) is 20.7. The molecule has 8 heteroatoms. The Morgan fingerprint density at radius 2 is 1.57 bits per heavy atom. The molecule has 3 aromatic rings. The van der Waals surface area contributed by atoms with Crippen LogP contribution in [-0.2, 0) is 29.4 Å². The van der Waals surface area contributed by atoms with Crippen molar-refractivity contribution in [2.75, 3.05) is 13.1 Å². The largest absolute Gasteiger partial charge is 0.339 e. The minimum Gasteiger partial charge on any atom is -0.339 e. The van der Waals surface area contributed by atoms with E-state index in [1.807, 2.05) is 36.4 Å². The standard InChI is InChI=1S/C22H26N4O3S/c23-16-18-4-9-19(10-5-18)22-24-21(29-25-22)13-8-17-6-11-20(12-7-17)30(27,28)26-14-2-1-3-15-26/h4-7,9-12H,1-3,8,13-16,23H2. The van der Waals surface area contributed by atoms with Crippen LogP contribution in [0.3, 0.4) is 0 Å². The lowest BCUT2D eigenvalue weighted by atomic mass is 10.1. The molecule has 0 radical (unpaired) electrons. The fraction of sp³-hybridized carbons (Fsp3) is 0.364. The van der Waals surface area contributed by atoms with E-state index in [4.69, 9.17) is 10.3 Å². The summed E-state index contributed by atoms with van der Waals surface area (Å²) in [7, 11) is -3.39. The van der Waals surface area contributed by atoms with Gasteiger partial charge in [-0.15, -0.1) is 0 Å². The Kier molecular flexibility index (Phi) is 6.26. The Bertz CT molecular complexity index is 1070. The molecule has 0 aliphatic carbocycles. The van der Waals surface area contributed by atoms with Crippen LogP contribution in [0.1, 0.15) is 36.3 Å². The molecule has 1 saturated heterocycles. The molecule has 1 aliphatic heterocycles. The normalized spacial score (nSPS) is 15.4. The number of rotatable bonds is 7. The maximum absolute atomic E-state index is 12.7. The van der Waals surface area contributed by atoms with Crippen molar-refractivity contribution in [1.82, 2.24) is 14.4 Å². The first-order chi connectivity index (χ1) is 14.6. The number of hydrogen-bond acceptors (Lipinski definition) is 6. The summed E-state index contributed by atoms with van der Waals surface area (Å²) in [6.07, 6.45) is 4.24. The van der Waals surface area contributed by atoms with Crippen LogP contribution in [0.2, 0.25) is 0 Å². The molecule has 2 heterocycles. The van der Waals surface area contributed by atoms with Gasteiger partial charge in [-0.25, -0.2) is 8.42 Å². The van der Waals surface area contributed by atoms with Gasteiger partial charge in [0.25, 0.3) is 0 Å². The maximum Gasteiger partial charge on any atom is 0.243 e. The average Bonchev–Trinajstić information content (AvgIpc) is 3.28. The summed E-state index contributed by atoms with van der Waals surface area (Å²) in [5.74, 6) is 1.11. The summed E-state index contributed by atoms with van der Waals surface area (Å²) < 4.78 is 32.4. The van der Waals surface area contributed by atoms with E-state index in [-0.39, 0.29) is 0 Å². The van der Waals surface area contributed by atoms with E-state index in [9.17, 15) is 8.42 Å². The molecule has 2 aromatic carbocycles. The van der Waals surface area contributed by atoms with Crippen molar-refractivity contribution >= 4 is 10.0 Å². The van der Waals surface area contributed by atoms with Gasteiger partial charge in [0.2, 0.25) is 21.7 Å². The van der Waals surface area contributed by atoms with Crippen molar-refractivity contribution in [3.8, 4) is 11.4 Å². The highest BCUT2D eigenvalue weighted by atomic mass is 32.2. The second kappa shape index (κ2) is 9.07. The Morgan fingerprint density at radius 1 is 0.900 bits per heavy atom. The Hall–Kier alpha value is -2.55. The molecule has 0 bridgehead atoms. The van der Waals surface area contributed by atoms with E-state index in [2.05, 4.69) is 10.1 Å². The van der Waals surface area contributed by atoms with Gasteiger partial charge < -0.3 is 10.3 Å². The van der Waals surface area contributed by atoms with Crippen molar-refractivity contribution < 1.29 is 12.9 Å². The molecule has 7 nitrogen and oxygen atoms in total. The van der Waals surface area contributed by atoms with Gasteiger partial charge >= 0.3 is 0 Å². The molecule has 0 spiro atoms. The maximum atomic E-state index is 12.7. The summed E-state index contributed by atoms with van der Waals surface area (Å²) in [4.78, 5) is 4.81. The molecule has 1 fully saturated rings. The molecular formula is C22H26N4O3S. The second-order valence-electron chi connectivity index (χ2n) is 7.52.